The van der Waals surface area contributed by atoms with Crippen molar-refractivity contribution in [2.45, 2.75) is 38.5 Å². The zero-order valence-corrected chi connectivity index (χ0v) is 24.4. The van der Waals surface area contributed by atoms with Gasteiger partial charge in [0.2, 0.25) is 0 Å². The molecule has 2 aromatic heterocycles. The molecule has 0 radical (unpaired) electrons. The van der Waals surface area contributed by atoms with E-state index in [1.54, 1.807) is 17.4 Å². The minimum atomic E-state index is -0.319. The summed E-state index contributed by atoms with van der Waals surface area (Å²) in [6.07, 6.45) is 6.47. The molecule has 0 spiro atoms. The number of rotatable bonds is 3. The maximum Gasteiger partial charge on any atom is 0.341 e. The van der Waals surface area contributed by atoms with E-state index in [1.165, 1.54) is 36.2 Å². The van der Waals surface area contributed by atoms with E-state index in [9.17, 15) is 9.59 Å². The van der Waals surface area contributed by atoms with Gasteiger partial charge in [-0.25, -0.2) is 4.79 Å². The van der Waals surface area contributed by atoms with Crippen LogP contribution in [0.15, 0.2) is 18.2 Å². The smallest absolute Gasteiger partial charge is 0.341 e. The number of carbonyl (C=O) groups is 2. The van der Waals surface area contributed by atoms with Gasteiger partial charge in [-0.2, -0.15) is 0 Å². The Morgan fingerprint density at radius 1 is 1.00 bits per heavy atom. The lowest BCUT2D eigenvalue weighted by Crippen LogP contribution is -2.51. The van der Waals surface area contributed by atoms with Gasteiger partial charge in [-0.15, -0.1) is 22.7 Å². The molecule has 5 rings (SSSR count). The average molecular weight is 597 g/mol. The molecule has 1 amide bonds. The van der Waals surface area contributed by atoms with Crippen LogP contribution < -0.4 is 5.32 Å². The van der Waals surface area contributed by atoms with Crippen molar-refractivity contribution >= 4 is 90.2 Å². The molecule has 3 heterocycles. The second-order valence-electron chi connectivity index (χ2n) is 9.21. The Bertz CT molecular complexity index is 1360. The SMILES string of the molecule is COC(=O)c1c(NC(=S)N2CCN(C(=O)c3sc4cc(Cl)ccc4c3Cl)CC2)sc2c1CCCCCC2. The van der Waals surface area contributed by atoms with Crippen molar-refractivity contribution in [2.75, 3.05) is 38.6 Å². The van der Waals surface area contributed by atoms with Gasteiger partial charge in [0, 0.05) is 46.2 Å². The topological polar surface area (TPSA) is 61.9 Å². The Morgan fingerprint density at radius 3 is 2.43 bits per heavy atom. The molecule has 3 aromatic rings. The Kier molecular flexibility index (Phi) is 8.26. The van der Waals surface area contributed by atoms with Gasteiger partial charge in [0.25, 0.3) is 5.91 Å². The number of halogens is 2. The van der Waals surface area contributed by atoms with Gasteiger partial charge in [0.15, 0.2) is 5.11 Å². The molecule has 6 nitrogen and oxygen atoms in total. The quantitative estimate of drug-likeness (QED) is 0.263. The van der Waals surface area contributed by atoms with Gasteiger partial charge in [0.05, 0.1) is 17.7 Å². The first-order valence-corrected chi connectivity index (χ1v) is 15.1. The fourth-order valence-corrected chi connectivity index (χ4v) is 8.32. The number of thiocarbonyl (C=S) groups is 1. The molecule has 0 bridgehead atoms. The number of methoxy groups -OCH3 is 1. The number of thiophene rings is 2. The zero-order valence-electron chi connectivity index (χ0n) is 20.4. The Hall–Kier alpha value is -1.91. The number of carbonyl (C=O) groups excluding carboxylic acids is 2. The average Bonchev–Trinajstić information content (AvgIpc) is 3.39. The molecule has 0 saturated carbocycles. The van der Waals surface area contributed by atoms with Gasteiger partial charge in [-0.3, -0.25) is 4.79 Å². The fraction of sp³-hybridized carbons (Fsp3) is 0.423. The molecular formula is C26H27Cl2N3O3S3. The molecule has 11 heteroatoms. The second-order valence-corrected chi connectivity index (χ2v) is 12.6. The minimum absolute atomic E-state index is 0.0770. The second kappa shape index (κ2) is 11.5. The largest absolute Gasteiger partial charge is 0.465 e. The highest BCUT2D eigenvalue weighted by Crippen LogP contribution is 2.39. The number of piperazine rings is 1. The van der Waals surface area contributed by atoms with Gasteiger partial charge >= 0.3 is 5.97 Å². The van der Waals surface area contributed by atoms with Crippen LogP contribution in [0.4, 0.5) is 5.00 Å². The van der Waals surface area contributed by atoms with Crippen molar-refractivity contribution in [1.29, 1.82) is 0 Å². The maximum atomic E-state index is 13.3. The molecule has 0 unspecified atom stereocenters. The molecule has 0 atom stereocenters. The standard InChI is InChI=1S/C26H27Cl2N3O3S3/c1-34-25(33)20-16-6-4-2-3-5-7-18(16)37-23(20)29-26(35)31-12-10-30(11-13-31)24(32)22-21(28)17-9-8-15(27)14-19(17)36-22/h8-9,14H,2-7,10-13H2,1H3,(H,29,35). The van der Waals surface area contributed by atoms with E-state index >= 15 is 0 Å². The van der Waals surface area contributed by atoms with Crippen LogP contribution in [0.1, 0.15) is 56.2 Å². The van der Waals surface area contributed by atoms with Crippen molar-refractivity contribution in [2.24, 2.45) is 0 Å². The third-order valence-corrected chi connectivity index (χ3v) is 10.4. The Labute approximate surface area is 239 Å². The van der Waals surface area contributed by atoms with Crippen molar-refractivity contribution in [3.63, 3.8) is 0 Å². The van der Waals surface area contributed by atoms with Crippen molar-refractivity contribution in [1.82, 2.24) is 9.80 Å². The number of esters is 1. The molecule has 1 fully saturated rings. The molecule has 2 aliphatic rings. The summed E-state index contributed by atoms with van der Waals surface area (Å²) < 4.78 is 6.03. The molecule has 1 aromatic carbocycles. The van der Waals surface area contributed by atoms with Gasteiger partial charge in [-0.05, 0) is 55.6 Å². The first-order valence-electron chi connectivity index (χ1n) is 12.3. The van der Waals surface area contributed by atoms with E-state index in [0.29, 0.717) is 51.8 Å². The summed E-state index contributed by atoms with van der Waals surface area (Å²) in [5.41, 5.74) is 1.74. The molecule has 1 saturated heterocycles. The lowest BCUT2D eigenvalue weighted by molar-refractivity contribution is 0.0600. The molecule has 196 valence electrons. The molecule has 1 aliphatic heterocycles. The number of ether oxygens (including phenoxy) is 1. The van der Waals surface area contributed by atoms with E-state index in [0.717, 1.165) is 46.3 Å². The lowest BCUT2D eigenvalue weighted by atomic mass is 9.96. The monoisotopic (exact) mass is 595 g/mol. The van der Waals surface area contributed by atoms with Gasteiger partial charge in [-0.1, -0.05) is 42.1 Å². The number of anilines is 1. The predicted molar refractivity (Wildman–Crippen MR) is 157 cm³/mol. The number of fused-ring (bicyclic) bond motifs is 2. The van der Waals surface area contributed by atoms with E-state index < -0.39 is 0 Å². The normalized spacial score (nSPS) is 16.2. The van der Waals surface area contributed by atoms with Crippen molar-refractivity contribution in [3.8, 4) is 0 Å². The van der Waals surface area contributed by atoms with Crippen LogP contribution in [-0.4, -0.2) is 60.1 Å². The zero-order chi connectivity index (χ0) is 26.1. The first-order chi connectivity index (χ1) is 17.9. The highest BCUT2D eigenvalue weighted by atomic mass is 35.5. The number of nitrogens with zero attached hydrogens (tertiary/aromatic N) is 2. The number of aryl methyl sites for hydroxylation is 1. The van der Waals surface area contributed by atoms with Gasteiger partial charge in [0.1, 0.15) is 9.88 Å². The number of hydrogen-bond donors (Lipinski definition) is 1. The van der Waals surface area contributed by atoms with E-state index in [4.69, 9.17) is 40.2 Å². The van der Waals surface area contributed by atoms with E-state index in [2.05, 4.69) is 5.32 Å². The van der Waals surface area contributed by atoms with Crippen LogP contribution in [0.2, 0.25) is 10.0 Å². The Morgan fingerprint density at radius 2 is 1.70 bits per heavy atom. The van der Waals surface area contributed by atoms with E-state index in [1.807, 2.05) is 21.9 Å². The summed E-state index contributed by atoms with van der Waals surface area (Å²) in [6, 6.07) is 5.47. The van der Waals surface area contributed by atoms with Crippen LogP contribution in [0.3, 0.4) is 0 Å². The third-order valence-electron chi connectivity index (χ3n) is 6.92. The predicted octanol–water partition coefficient (Wildman–Crippen LogP) is 6.87. The molecular weight excluding hydrogens is 569 g/mol. The Balaban J connectivity index is 1.27. The highest BCUT2D eigenvalue weighted by molar-refractivity contribution is 7.80. The summed E-state index contributed by atoms with van der Waals surface area (Å²) in [5.74, 6) is -0.396. The lowest BCUT2D eigenvalue weighted by Gasteiger charge is -2.36. The third kappa shape index (κ3) is 5.47. The maximum absolute atomic E-state index is 13.3. The minimum Gasteiger partial charge on any atom is -0.465 e. The fourth-order valence-electron chi connectivity index (χ4n) is 4.93. The number of amides is 1. The van der Waals surface area contributed by atoms with Gasteiger partial charge < -0.3 is 19.9 Å². The molecule has 37 heavy (non-hydrogen) atoms. The molecule has 1 N–H and O–H groups in total. The summed E-state index contributed by atoms with van der Waals surface area (Å²) in [4.78, 5) is 31.6. The summed E-state index contributed by atoms with van der Waals surface area (Å²) in [5, 5.41) is 6.60. The van der Waals surface area contributed by atoms with Crippen LogP contribution in [0, 0.1) is 0 Å². The number of benzene rings is 1. The highest BCUT2D eigenvalue weighted by Gasteiger charge is 2.29. The van der Waals surface area contributed by atoms with Crippen molar-refractivity contribution < 1.29 is 14.3 Å². The summed E-state index contributed by atoms with van der Waals surface area (Å²) in [6.45, 7) is 2.22. The molecule has 1 aliphatic carbocycles. The van der Waals surface area contributed by atoms with Crippen LogP contribution in [0.5, 0.6) is 0 Å². The first kappa shape index (κ1) is 26.7. The van der Waals surface area contributed by atoms with Crippen LogP contribution in [-0.2, 0) is 17.6 Å². The van der Waals surface area contributed by atoms with Crippen molar-refractivity contribution in [3.05, 3.63) is 49.1 Å². The summed E-state index contributed by atoms with van der Waals surface area (Å²) >= 11 is 21.4. The van der Waals surface area contributed by atoms with Crippen LogP contribution in [0.25, 0.3) is 10.1 Å². The number of nitrogens with one attached hydrogen (secondary N) is 1. The summed E-state index contributed by atoms with van der Waals surface area (Å²) in [7, 11) is 1.42. The van der Waals surface area contributed by atoms with E-state index in [-0.39, 0.29) is 11.9 Å². The van der Waals surface area contributed by atoms with Crippen LogP contribution >= 0.6 is 58.1 Å². The number of hydrogen-bond acceptors (Lipinski definition) is 6.